The summed E-state index contributed by atoms with van der Waals surface area (Å²) in [6, 6.07) is 7.94. The van der Waals surface area contributed by atoms with Crippen LogP contribution in [0.5, 0.6) is 0 Å². The zero-order chi connectivity index (χ0) is 45.3. The molecule has 1 fully saturated rings. The fourth-order valence-corrected chi connectivity index (χ4v) is 10.0. The van der Waals surface area contributed by atoms with Gasteiger partial charge in [0.25, 0.3) is 42.2 Å². The summed E-state index contributed by atoms with van der Waals surface area (Å²) in [5, 5.41) is 0.460. The van der Waals surface area contributed by atoms with E-state index >= 15 is 0 Å². The quantitative estimate of drug-likeness (QED) is 0.0786. The summed E-state index contributed by atoms with van der Waals surface area (Å²) in [6.07, 6.45) is 6.09. The number of hydrogen-bond acceptors (Lipinski definition) is 14. The Balaban J connectivity index is 1.54. The molecule has 0 saturated carbocycles. The normalized spacial score (nSPS) is 20.0. The van der Waals surface area contributed by atoms with Crippen molar-refractivity contribution in [1.82, 2.24) is 5.06 Å². The molecule has 0 spiro atoms. The Kier molecular flexibility index (Phi) is 13.9. The van der Waals surface area contributed by atoms with E-state index in [0.717, 1.165) is 0 Å². The predicted octanol–water partition coefficient (Wildman–Crippen LogP) is 3.55. The van der Waals surface area contributed by atoms with E-state index < -0.39 is 85.5 Å². The van der Waals surface area contributed by atoms with E-state index in [-0.39, 0.29) is 56.5 Å². The smallest absolute Gasteiger partial charge is 0.333 e. The topological polar surface area (TPSA) is 290 Å². The molecule has 2 aromatic carbocycles. The van der Waals surface area contributed by atoms with Crippen LogP contribution in [0.15, 0.2) is 70.1 Å². The van der Waals surface area contributed by atoms with Crippen molar-refractivity contribution >= 4 is 75.3 Å². The highest BCUT2D eigenvalue weighted by Gasteiger charge is 2.46. The van der Waals surface area contributed by atoms with Crippen molar-refractivity contribution in [2.75, 3.05) is 29.5 Å². The van der Waals surface area contributed by atoms with Crippen molar-refractivity contribution in [2.24, 2.45) is 0 Å². The average molecular weight is 930 g/mol. The summed E-state index contributed by atoms with van der Waals surface area (Å²) in [5.74, 6) is -3.28. The standard InChI is InChI=1S/C38H47N3O16S4/c1-37(2)28-24-26(60(51,52)53)13-15-30(28)39(20-8-22-58(45,46)47)32(37)10-7-11-33-38(3,19-6-4-5-12-36(44)57-41-34(42)17-18-35(41)43)29-25-27(61(54,55)56)14-16-31(29)40(33)21-9-23-59(48,49)50/h7,10-11,13-16,24-25H,4-6,8-9,12,17-23H2,1-3H3,(H3-,45,46,47,48,49,50,51,52,53,54,55,56). The van der Waals surface area contributed by atoms with Crippen molar-refractivity contribution in [3.63, 3.8) is 0 Å². The number of hydroxylamine groups is 2. The molecule has 23 heteroatoms. The maximum absolute atomic E-state index is 12.4. The van der Waals surface area contributed by atoms with E-state index in [4.69, 9.17) is 4.84 Å². The van der Waals surface area contributed by atoms with Gasteiger partial charge in [0.15, 0.2) is 5.71 Å². The molecule has 334 valence electrons. The number of allylic oxidation sites excluding steroid dienone is 4. The van der Waals surface area contributed by atoms with E-state index in [1.165, 1.54) is 36.4 Å². The Bertz CT molecular complexity index is 2660. The Morgan fingerprint density at radius 3 is 2.02 bits per heavy atom. The molecule has 3 heterocycles. The number of anilines is 1. The zero-order valence-corrected chi connectivity index (χ0v) is 36.8. The number of rotatable bonds is 19. The molecule has 1 unspecified atom stereocenters. The van der Waals surface area contributed by atoms with Crippen LogP contribution in [0.3, 0.4) is 0 Å². The number of imide groups is 1. The van der Waals surface area contributed by atoms with Crippen LogP contribution in [-0.2, 0) is 70.5 Å². The van der Waals surface area contributed by atoms with Crippen molar-refractivity contribution in [2.45, 2.75) is 99.2 Å². The van der Waals surface area contributed by atoms with E-state index in [9.17, 15) is 66.3 Å². The first kappa shape index (κ1) is 47.7. The van der Waals surface area contributed by atoms with Crippen LogP contribution in [0.4, 0.5) is 11.4 Å². The lowest BCUT2D eigenvalue weighted by Crippen LogP contribution is -2.32. The molecule has 3 N–H and O–H groups in total. The molecule has 1 saturated heterocycles. The first-order valence-electron chi connectivity index (χ1n) is 19.1. The molecule has 19 nitrogen and oxygen atoms in total. The van der Waals surface area contributed by atoms with Gasteiger partial charge in [0.1, 0.15) is 6.54 Å². The molecule has 5 rings (SSSR count). The van der Waals surface area contributed by atoms with Crippen molar-refractivity contribution in [3.05, 3.63) is 71.5 Å². The predicted molar refractivity (Wildman–Crippen MR) is 218 cm³/mol. The summed E-state index contributed by atoms with van der Waals surface area (Å²) in [7, 11) is -18.3. The zero-order valence-electron chi connectivity index (χ0n) is 33.5. The van der Waals surface area contributed by atoms with Gasteiger partial charge in [-0.2, -0.15) is 29.8 Å². The summed E-state index contributed by atoms with van der Waals surface area (Å²) in [5.41, 5.74) is 0.995. The molecule has 0 radical (unpaired) electrons. The van der Waals surface area contributed by atoms with Crippen LogP contribution in [0.25, 0.3) is 0 Å². The third-order valence-electron chi connectivity index (χ3n) is 11.0. The van der Waals surface area contributed by atoms with E-state index in [1.807, 2.05) is 6.92 Å². The minimum absolute atomic E-state index is 0.0115. The lowest BCUT2D eigenvalue weighted by molar-refractivity contribution is -0.437. The molecular formula is C38H47N3O16S4. The lowest BCUT2D eigenvalue weighted by atomic mass is 9.77. The summed E-state index contributed by atoms with van der Waals surface area (Å²) in [6.45, 7) is 5.43. The second kappa shape index (κ2) is 17.8. The number of carbonyl (C=O) groups is 3. The van der Waals surface area contributed by atoms with Gasteiger partial charge >= 0.3 is 5.97 Å². The SMILES string of the molecule is CC1(C)C(/C=C/C=C2\N(CCCS(=O)(=O)[O-])c3ccc(S(=O)(=O)O)cc3C2(C)CCCCCC(=O)ON2C(=O)CCC2=O)=[N+](CCCS(=O)(=O)O)c2ccc(S(=O)(=O)O)cc21. The average Bonchev–Trinajstić information content (AvgIpc) is 3.65. The maximum Gasteiger partial charge on any atom is 0.333 e. The summed E-state index contributed by atoms with van der Waals surface area (Å²) >= 11 is 0. The Morgan fingerprint density at radius 1 is 0.820 bits per heavy atom. The number of nitrogens with zero attached hydrogens (tertiary/aromatic N) is 3. The van der Waals surface area contributed by atoms with Crippen molar-refractivity contribution in [3.8, 4) is 0 Å². The molecule has 0 bridgehead atoms. The molecular weight excluding hydrogens is 883 g/mol. The number of amides is 2. The molecule has 1 atom stereocenters. The minimum Gasteiger partial charge on any atom is -0.748 e. The second-order valence-electron chi connectivity index (χ2n) is 15.7. The molecule has 3 aliphatic heterocycles. The second-order valence-corrected chi connectivity index (χ2v) is 21.7. The number of benzene rings is 2. The molecule has 2 aromatic rings. The fourth-order valence-electron chi connectivity index (χ4n) is 8.02. The Hall–Kier alpha value is -4.36. The highest BCUT2D eigenvalue weighted by atomic mass is 32.2. The van der Waals surface area contributed by atoms with Gasteiger partial charge < -0.3 is 14.3 Å². The summed E-state index contributed by atoms with van der Waals surface area (Å²) < 4.78 is 138. The molecule has 61 heavy (non-hydrogen) atoms. The lowest BCUT2D eigenvalue weighted by Gasteiger charge is -2.31. The van der Waals surface area contributed by atoms with Gasteiger partial charge in [0.05, 0.1) is 31.1 Å². The highest BCUT2D eigenvalue weighted by Crippen LogP contribution is 2.51. The van der Waals surface area contributed by atoms with Gasteiger partial charge in [0, 0.05) is 72.5 Å². The van der Waals surface area contributed by atoms with E-state index in [2.05, 4.69) is 0 Å². The number of unbranched alkanes of at least 4 members (excludes halogenated alkanes) is 2. The van der Waals surface area contributed by atoms with Crippen LogP contribution >= 0.6 is 0 Å². The van der Waals surface area contributed by atoms with Crippen LogP contribution in [0, 0.1) is 0 Å². The van der Waals surface area contributed by atoms with Crippen LogP contribution in [-0.4, -0.2) is 110 Å². The monoisotopic (exact) mass is 929 g/mol. The molecule has 2 amide bonds. The van der Waals surface area contributed by atoms with Gasteiger partial charge in [-0.25, -0.2) is 13.2 Å². The maximum atomic E-state index is 12.4. The fraction of sp³-hybridized carbons (Fsp3) is 0.474. The summed E-state index contributed by atoms with van der Waals surface area (Å²) in [4.78, 5) is 42.1. The van der Waals surface area contributed by atoms with E-state index in [1.54, 1.807) is 41.6 Å². The van der Waals surface area contributed by atoms with Gasteiger partial charge in [-0.1, -0.05) is 18.9 Å². The third kappa shape index (κ3) is 11.2. The molecule has 0 aliphatic carbocycles. The Morgan fingerprint density at radius 2 is 1.43 bits per heavy atom. The highest BCUT2D eigenvalue weighted by molar-refractivity contribution is 7.86. The van der Waals surface area contributed by atoms with Gasteiger partial charge in [-0.05, 0) is 82.0 Å². The van der Waals surface area contributed by atoms with Gasteiger partial charge in [-0.3, -0.25) is 23.2 Å². The first-order chi connectivity index (χ1) is 28.1. The largest absolute Gasteiger partial charge is 0.748 e. The van der Waals surface area contributed by atoms with Crippen LogP contribution < -0.4 is 4.90 Å². The number of hydrogen-bond donors (Lipinski definition) is 3. The van der Waals surface area contributed by atoms with Crippen molar-refractivity contribution < 1.29 is 75.7 Å². The Labute approximate surface area is 354 Å². The number of carbonyl (C=O) groups excluding carboxylic acids is 3. The van der Waals surface area contributed by atoms with Gasteiger partial charge in [0.2, 0.25) is 5.69 Å². The molecule has 3 aliphatic rings. The van der Waals surface area contributed by atoms with Crippen molar-refractivity contribution in [1.29, 1.82) is 0 Å². The van der Waals surface area contributed by atoms with Gasteiger partial charge in [-0.15, -0.1) is 5.06 Å². The van der Waals surface area contributed by atoms with Crippen LogP contribution in [0.2, 0.25) is 0 Å². The number of fused-ring (bicyclic) bond motifs is 2. The van der Waals surface area contributed by atoms with Crippen LogP contribution in [0.1, 0.15) is 89.7 Å². The first-order valence-corrected chi connectivity index (χ1v) is 25.2. The van der Waals surface area contributed by atoms with E-state index in [0.29, 0.717) is 58.2 Å². The molecule has 0 aromatic heterocycles. The third-order valence-corrected chi connectivity index (χ3v) is 14.3. The minimum atomic E-state index is -4.70.